The first-order valence-corrected chi connectivity index (χ1v) is 8.41. The Bertz CT molecular complexity index is 273. The van der Waals surface area contributed by atoms with Gasteiger partial charge in [-0.25, -0.2) is 0 Å². The third kappa shape index (κ3) is 2.64. The van der Waals surface area contributed by atoms with E-state index in [2.05, 4.69) is 36.7 Å². The fourth-order valence-electron chi connectivity index (χ4n) is 1.53. The Kier molecular flexibility index (Phi) is 4.25. The molecule has 0 atom stereocenters. The third-order valence-electron chi connectivity index (χ3n) is 2.79. The number of hydrogen-bond donors (Lipinski definition) is 0. The first-order chi connectivity index (χ1) is 6.65. The molecule has 4 heteroatoms. The first kappa shape index (κ1) is 11.8. The molecule has 1 aromatic rings. The molecule has 0 aliphatic rings. The monoisotopic (exact) mass is 276 g/mol. The molecule has 0 N–H and O–H groups in total. The van der Waals surface area contributed by atoms with Crippen LogP contribution in [0.1, 0.15) is 20.8 Å². The molecule has 1 aromatic heterocycles. The van der Waals surface area contributed by atoms with Crippen molar-refractivity contribution in [2.75, 3.05) is 0 Å². The molecule has 0 aromatic carbocycles. The standard InChI is InChI=1S/C10H17BrO2Si/c1-4-14(5-2,6-3)13-10-7-9(11)8-12-10/h7-8H,4-6H2,1-3H3. The molecule has 0 aliphatic carbocycles. The lowest BCUT2D eigenvalue weighted by molar-refractivity contribution is 0.377. The molecular formula is C10H17BrO2Si. The third-order valence-corrected chi connectivity index (χ3v) is 7.71. The predicted octanol–water partition coefficient (Wildman–Crippen LogP) is 4.43. The molecule has 0 unspecified atom stereocenters. The first-order valence-electron chi connectivity index (χ1n) is 5.09. The summed E-state index contributed by atoms with van der Waals surface area (Å²) in [4.78, 5) is 0. The van der Waals surface area contributed by atoms with Gasteiger partial charge in [0, 0.05) is 6.07 Å². The molecule has 0 amide bonds. The van der Waals surface area contributed by atoms with E-state index in [1.54, 1.807) is 6.26 Å². The molecule has 1 rings (SSSR count). The maximum absolute atomic E-state index is 6.01. The zero-order valence-corrected chi connectivity index (χ0v) is 11.6. The molecule has 0 bridgehead atoms. The summed E-state index contributed by atoms with van der Waals surface area (Å²) in [5, 5.41) is 0. The minimum Gasteiger partial charge on any atom is -0.519 e. The van der Waals surface area contributed by atoms with Crippen LogP contribution < -0.4 is 4.43 Å². The maximum Gasteiger partial charge on any atom is 0.271 e. The second-order valence-electron chi connectivity index (χ2n) is 3.43. The van der Waals surface area contributed by atoms with Crippen LogP contribution in [0, 0.1) is 0 Å². The van der Waals surface area contributed by atoms with Crippen LogP contribution in [-0.4, -0.2) is 8.32 Å². The topological polar surface area (TPSA) is 22.4 Å². The van der Waals surface area contributed by atoms with E-state index in [0.29, 0.717) is 5.95 Å². The summed E-state index contributed by atoms with van der Waals surface area (Å²) >= 11 is 3.35. The van der Waals surface area contributed by atoms with E-state index in [9.17, 15) is 0 Å². The highest BCUT2D eigenvalue weighted by Gasteiger charge is 2.31. The smallest absolute Gasteiger partial charge is 0.271 e. The number of furan rings is 1. The van der Waals surface area contributed by atoms with Crippen LogP contribution >= 0.6 is 15.9 Å². The molecule has 0 saturated heterocycles. The Balaban J connectivity index is 2.73. The Morgan fingerprint density at radius 2 is 1.86 bits per heavy atom. The molecule has 14 heavy (non-hydrogen) atoms. The van der Waals surface area contributed by atoms with Crippen molar-refractivity contribution in [2.24, 2.45) is 0 Å². The summed E-state index contributed by atoms with van der Waals surface area (Å²) < 4.78 is 12.2. The second-order valence-corrected chi connectivity index (χ2v) is 9.04. The van der Waals surface area contributed by atoms with Gasteiger partial charge in [-0.05, 0) is 34.1 Å². The molecule has 80 valence electrons. The van der Waals surface area contributed by atoms with E-state index >= 15 is 0 Å². The van der Waals surface area contributed by atoms with Gasteiger partial charge in [0.25, 0.3) is 14.3 Å². The van der Waals surface area contributed by atoms with E-state index in [1.165, 1.54) is 0 Å². The highest BCUT2D eigenvalue weighted by atomic mass is 79.9. The summed E-state index contributed by atoms with van der Waals surface area (Å²) in [6.07, 6.45) is 1.66. The van der Waals surface area contributed by atoms with E-state index in [4.69, 9.17) is 8.84 Å². The Morgan fingerprint density at radius 3 is 2.21 bits per heavy atom. The zero-order valence-electron chi connectivity index (χ0n) is 8.97. The molecule has 0 fully saturated rings. The summed E-state index contributed by atoms with van der Waals surface area (Å²) in [5.74, 6) is 0.661. The lowest BCUT2D eigenvalue weighted by Gasteiger charge is -2.26. The molecule has 2 nitrogen and oxygen atoms in total. The fourth-order valence-corrected chi connectivity index (χ4v) is 4.28. The minimum atomic E-state index is -1.56. The Labute approximate surface area is 94.9 Å². The molecule has 0 saturated carbocycles. The van der Waals surface area contributed by atoms with E-state index < -0.39 is 8.32 Å². The molecule has 0 radical (unpaired) electrons. The van der Waals surface area contributed by atoms with Gasteiger partial charge >= 0.3 is 0 Å². The number of hydrogen-bond acceptors (Lipinski definition) is 2. The number of halogens is 1. The van der Waals surface area contributed by atoms with Gasteiger partial charge in [0.05, 0.1) is 4.47 Å². The van der Waals surface area contributed by atoms with Gasteiger partial charge in [-0.2, -0.15) is 0 Å². The molecule has 1 heterocycles. The van der Waals surface area contributed by atoms with Crippen LogP contribution in [0.4, 0.5) is 0 Å². The fraction of sp³-hybridized carbons (Fsp3) is 0.600. The van der Waals surface area contributed by atoms with Gasteiger partial charge in [0.2, 0.25) is 0 Å². The van der Waals surface area contributed by atoms with Crippen molar-refractivity contribution in [1.29, 1.82) is 0 Å². The predicted molar refractivity (Wildman–Crippen MR) is 64.2 cm³/mol. The summed E-state index contributed by atoms with van der Waals surface area (Å²) in [6.45, 7) is 6.62. The van der Waals surface area contributed by atoms with Gasteiger partial charge in [0.1, 0.15) is 6.26 Å². The SMILES string of the molecule is CC[Si](CC)(CC)Oc1cc(Br)co1. The summed E-state index contributed by atoms with van der Waals surface area (Å²) in [7, 11) is -1.56. The van der Waals surface area contributed by atoms with Crippen molar-refractivity contribution >= 4 is 24.2 Å². The van der Waals surface area contributed by atoms with Crippen LogP contribution in [-0.2, 0) is 0 Å². The Hall–Kier alpha value is -0.223. The van der Waals surface area contributed by atoms with Crippen LogP contribution in [0.5, 0.6) is 5.95 Å². The van der Waals surface area contributed by atoms with Gasteiger partial charge in [0.15, 0.2) is 0 Å². The van der Waals surface area contributed by atoms with E-state index in [-0.39, 0.29) is 0 Å². The highest BCUT2D eigenvalue weighted by molar-refractivity contribution is 9.10. The quantitative estimate of drug-likeness (QED) is 0.743. The maximum atomic E-state index is 6.01. The van der Waals surface area contributed by atoms with Crippen molar-refractivity contribution in [3.63, 3.8) is 0 Å². The molecule has 0 spiro atoms. The zero-order chi connectivity index (χ0) is 10.6. The van der Waals surface area contributed by atoms with Crippen LogP contribution in [0.15, 0.2) is 21.2 Å². The van der Waals surface area contributed by atoms with Crippen molar-refractivity contribution in [3.05, 3.63) is 16.8 Å². The van der Waals surface area contributed by atoms with Gasteiger partial charge in [-0.1, -0.05) is 20.8 Å². The minimum absolute atomic E-state index is 0.661. The molecular weight excluding hydrogens is 260 g/mol. The van der Waals surface area contributed by atoms with Crippen molar-refractivity contribution < 1.29 is 8.84 Å². The summed E-state index contributed by atoms with van der Waals surface area (Å²) in [5.41, 5.74) is 0. The van der Waals surface area contributed by atoms with Crippen LogP contribution in [0.2, 0.25) is 18.1 Å². The lowest BCUT2D eigenvalue weighted by atomic mass is 10.7. The number of rotatable bonds is 5. The largest absolute Gasteiger partial charge is 0.519 e. The Morgan fingerprint density at radius 1 is 1.29 bits per heavy atom. The van der Waals surface area contributed by atoms with Crippen molar-refractivity contribution in [3.8, 4) is 5.95 Å². The molecule has 0 aliphatic heterocycles. The van der Waals surface area contributed by atoms with Crippen molar-refractivity contribution in [2.45, 2.75) is 38.9 Å². The summed E-state index contributed by atoms with van der Waals surface area (Å²) in [6, 6.07) is 5.30. The van der Waals surface area contributed by atoms with Gasteiger partial charge in [-0.15, -0.1) is 0 Å². The van der Waals surface area contributed by atoms with Gasteiger partial charge < -0.3 is 8.84 Å². The van der Waals surface area contributed by atoms with Crippen LogP contribution in [0.3, 0.4) is 0 Å². The average Bonchev–Trinajstić information content (AvgIpc) is 2.61. The van der Waals surface area contributed by atoms with Crippen molar-refractivity contribution in [1.82, 2.24) is 0 Å². The van der Waals surface area contributed by atoms with Crippen LogP contribution in [0.25, 0.3) is 0 Å². The van der Waals surface area contributed by atoms with E-state index in [0.717, 1.165) is 22.6 Å². The average molecular weight is 277 g/mol. The lowest BCUT2D eigenvalue weighted by Crippen LogP contribution is -2.39. The highest BCUT2D eigenvalue weighted by Crippen LogP contribution is 2.28. The van der Waals surface area contributed by atoms with E-state index in [1.807, 2.05) is 6.07 Å². The van der Waals surface area contributed by atoms with Gasteiger partial charge in [-0.3, -0.25) is 0 Å². The normalized spacial score (nSPS) is 11.7. The second kappa shape index (κ2) is 5.03.